The zero-order valence-electron chi connectivity index (χ0n) is 11.4. The SMILES string of the molecule is CO[Si](C)(C)C(F)(F)N(F)C(=O)N(F)c1ccccc1F. The Kier molecular flexibility index (Phi) is 4.94. The number of rotatable bonds is 4. The molecule has 0 aliphatic heterocycles. The van der Waals surface area contributed by atoms with Gasteiger partial charge in [0.2, 0.25) is 0 Å². The van der Waals surface area contributed by atoms with Crippen molar-refractivity contribution in [2.24, 2.45) is 0 Å². The van der Waals surface area contributed by atoms with E-state index in [4.69, 9.17) is 0 Å². The summed E-state index contributed by atoms with van der Waals surface area (Å²) in [6.07, 6.45) is 0. The number of para-hydroxylation sites is 1. The first-order valence-corrected chi connectivity index (χ1v) is 8.60. The maximum absolute atomic E-state index is 13.8. The molecule has 0 fully saturated rings. The van der Waals surface area contributed by atoms with E-state index in [0.29, 0.717) is 0 Å². The van der Waals surface area contributed by atoms with E-state index < -0.39 is 41.8 Å². The fraction of sp³-hybridized carbons (Fsp3) is 0.364. The Balaban J connectivity index is 3.06. The van der Waals surface area contributed by atoms with Crippen LogP contribution in [0.1, 0.15) is 0 Å². The van der Waals surface area contributed by atoms with Gasteiger partial charge in [-0.25, -0.2) is 9.18 Å². The first-order chi connectivity index (χ1) is 9.56. The molecule has 1 aromatic carbocycles. The van der Waals surface area contributed by atoms with Crippen LogP contribution in [0, 0.1) is 5.82 Å². The number of anilines is 1. The van der Waals surface area contributed by atoms with Crippen molar-refractivity contribution in [1.29, 1.82) is 0 Å². The second-order valence-corrected chi connectivity index (χ2v) is 8.58. The lowest BCUT2D eigenvalue weighted by Gasteiger charge is -2.33. The van der Waals surface area contributed by atoms with Crippen molar-refractivity contribution in [2.45, 2.75) is 18.8 Å². The van der Waals surface area contributed by atoms with Gasteiger partial charge in [0.1, 0.15) is 11.5 Å². The van der Waals surface area contributed by atoms with Gasteiger partial charge in [0.25, 0.3) is 8.32 Å². The van der Waals surface area contributed by atoms with Gasteiger partial charge in [-0.1, -0.05) is 26.2 Å². The van der Waals surface area contributed by atoms with Gasteiger partial charge < -0.3 is 4.43 Å². The number of hydrogen-bond donors (Lipinski definition) is 0. The van der Waals surface area contributed by atoms with Crippen molar-refractivity contribution in [1.82, 2.24) is 5.12 Å². The molecule has 0 aromatic heterocycles. The second kappa shape index (κ2) is 5.98. The van der Waals surface area contributed by atoms with Crippen molar-refractivity contribution < 1.29 is 31.4 Å². The van der Waals surface area contributed by atoms with Crippen molar-refractivity contribution in [3.8, 4) is 0 Å². The average molecular weight is 328 g/mol. The Morgan fingerprint density at radius 1 is 1.24 bits per heavy atom. The van der Waals surface area contributed by atoms with Gasteiger partial charge in [-0.05, 0) is 25.2 Å². The minimum atomic E-state index is -4.34. The highest BCUT2D eigenvalue weighted by molar-refractivity contribution is 6.73. The summed E-state index contributed by atoms with van der Waals surface area (Å²) in [6.45, 7) is 1.89. The molecular formula is C11H13F5N2O2Si. The topological polar surface area (TPSA) is 32.8 Å². The van der Waals surface area contributed by atoms with Crippen molar-refractivity contribution >= 4 is 20.0 Å². The number of amides is 2. The molecule has 10 heteroatoms. The lowest BCUT2D eigenvalue weighted by Crippen LogP contribution is -2.61. The summed E-state index contributed by atoms with van der Waals surface area (Å²) in [5, 5.41) is -2.60. The minimum Gasteiger partial charge on any atom is -0.412 e. The van der Waals surface area contributed by atoms with Crippen LogP contribution < -0.4 is 5.12 Å². The Bertz CT molecular complexity index is 529. The van der Waals surface area contributed by atoms with Crippen molar-refractivity contribution in [2.75, 3.05) is 12.2 Å². The van der Waals surface area contributed by atoms with Gasteiger partial charge in [0.15, 0.2) is 0 Å². The Morgan fingerprint density at radius 2 is 1.76 bits per heavy atom. The molecule has 0 heterocycles. The summed E-state index contributed by atoms with van der Waals surface area (Å²) in [6, 6.07) is 1.61. The van der Waals surface area contributed by atoms with Crippen LogP contribution in [0.2, 0.25) is 13.1 Å². The zero-order chi connectivity index (χ0) is 16.4. The van der Waals surface area contributed by atoms with Crippen LogP contribution in [0.4, 0.5) is 32.6 Å². The van der Waals surface area contributed by atoms with Gasteiger partial charge in [0, 0.05) is 7.11 Å². The van der Waals surface area contributed by atoms with Gasteiger partial charge in [-0.15, -0.1) is 5.12 Å². The zero-order valence-corrected chi connectivity index (χ0v) is 12.4. The summed E-state index contributed by atoms with van der Waals surface area (Å²) in [5.74, 6) is -1.20. The number of benzene rings is 1. The van der Waals surface area contributed by atoms with Gasteiger partial charge in [0.05, 0.1) is 0 Å². The highest BCUT2D eigenvalue weighted by atomic mass is 28.4. The van der Waals surface area contributed by atoms with E-state index in [1.54, 1.807) is 0 Å². The van der Waals surface area contributed by atoms with Gasteiger partial charge >= 0.3 is 11.7 Å². The molecule has 2 amide bonds. The van der Waals surface area contributed by atoms with Crippen molar-refractivity contribution in [3.05, 3.63) is 30.1 Å². The molecule has 0 aliphatic rings. The molecule has 0 saturated carbocycles. The Morgan fingerprint density at radius 3 is 2.24 bits per heavy atom. The van der Waals surface area contributed by atoms with E-state index in [9.17, 15) is 26.9 Å². The van der Waals surface area contributed by atoms with Crippen LogP contribution in [0.25, 0.3) is 0 Å². The van der Waals surface area contributed by atoms with E-state index in [2.05, 4.69) is 4.43 Å². The van der Waals surface area contributed by atoms with E-state index in [1.165, 1.54) is 6.07 Å². The smallest absolute Gasteiger partial charge is 0.386 e. The number of hydrogen-bond acceptors (Lipinski definition) is 2. The lowest BCUT2D eigenvalue weighted by atomic mass is 10.3. The fourth-order valence-electron chi connectivity index (χ4n) is 1.27. The molecule has 0 spiro atoms. The number of carbonyl (C=O) groups is 1. The molecule has 21 heavy (non-hydrogen) atoms. The first kappa shape index (κ1) is 17.4. The summed E-state index contributed by atoms with van der Waals surface area (Å²) in [5.41, 5.74) is -5.31. The third kappa shape index (κ3) is 3.15. The average Bonchev–Trinajstić information content (AvgIpc) is 2.45. The minimum absolute atomic E-state index is 0.795. The van der Waals surface area contributed by atoms with Crippen LogP contribution in [0.15, 0.2) is 24.3 Å². The van der Waals surface area contributed by atoms with Crippen LogP contribution in [0.5, 0.6) is 0 Å². The number of urea groups is 1. The van der Waals surface area contributed by atoms with Gasteiger partial charge in [-0.2, -0.15) is 8.78 Å². The first-order valence-electron chi connectivity index (χ1n) is 5.69. The number of alkyl halides is 2. The third-order valence-corrected chi connectivity index (χ3v) is 5.55. The fourth-order valence-corrected chi connectivity index (χ4v) is 2.08. The predicted molar refractivity (Wildman–Crippen MR) is 67.8 cm³/mol. The second-order valence-electron chi connectivity index (χ2n) is 4.55. The lowest BCUT2D eigenvalue weighted by molar-refractivity contribution is -0.157. The van der Waals surface area contributed by atoms with Crippen LogP contribution >= 0.6 is 0 Å². The molecule has 0 radical (unpaired) electrons. The molecule has 4 nitrogen and oxygen atoms in total. The molecule has 0 atom stereocenters. The molecule has 0 saturated heterocycles. The number of halogens is 5. The van der Waals surface area contributed by atoms with E-state index in [-0.39, 0.29) is 0 Å². The summed E-state index contributed by atoms with van der Waals surface area (Å²) < 4.78 is 72.7. The largest absolute Gasteiger partial charge is 0.412 e. The maximum atomic E-state index is 13.8. The molecule has 0 unspecified atom stereocenters. The van der Waals surface area contributed by atoms with Crippen LogP contribution in [0.3, 0.4) is 0 Å². The monoisotopic (exact) mass is 328 g/mol. The molecule has 118 valence electrons. The van der Waals surface area contributed by atoms with Crippen molar-refractivity contribution in [3.63, 3.8) is 0 Å². The molecule has 0 bridgehead atoms. The molecule has 1 aromatic rings. The quantitative estimate of drug-likeness (QED) is 0.364. The highest BCUT2D eigenvalue weighted by Gasteiger charge is 2.59. The molecule has 0 N–H and O–H groups in total. The molecule has 0 aliphatic carbocycles. The maximum Gasteiger partial charge on any atom is 0.386 e. The predicted octanol–water partition coefficient (Wildman–Crippen LogP) is 3.81. The van der Waals surface area contributed by atoms with E-state index in [0.717, 1.165) is 38.4 Å². The summed E-state index contributed by atoms with van der Waals surface area (Å²) in [4.78, 5) is 11.4. The van der Waals surface area contributed by atoms with E-state index in [1.807, 2.05) is 0 Å². The molecular weight excluding hydrogens is 315 g/mol. The number of nitrogens with zero attached hydrogens (tertiary/aromatic N) is 2. The Hall–Kier alpha value is -1.68. The summed E-state index contributed by atoms with van der Waals surface area (Å²) in [7, 11) is -3.05. The normalized spacial score (nSPS) is 12.2. The Labute approximate surface area is 118 Å². The third-order valence-electron chi connectivity index (χ3n) is 2.88. The van der Waals surface area contributed by atoms with Gasteiger partial charge in [-0.3, -0.25) is 0 Å². The van der Waals surface area contributed by atoms with E-state index >= 15 is 0 Å². The molecule has 1 rings (SSSR count). The number of carbonyl (C=O) groups excluding carboxylic acids is 1. The van der Waals surface area contributed by atoms with Crippen LogP contribution in [-0.4, -0.2) is 32.3 Å². The summed E-state index contributed by atoms with van der Waals surface area (Å²) >= 11 is 0. The standard InChI is InChI=1S/C11H13F5N2O2Si/c1-20-21(2,3)11(13,14)18(16)10(19)17(15)9-7-5-4-6-8(9)12/h4-7H,1-3H3. The van der Waals surface area contributed by atoms with Crippen LogP contribution in [-0.2, 0) is 4.43 Å². The highest BCUT2D eigenvalue weighted by Crippen LogP contribution is 2.34.